The second-order valence-corrected chi connectivity index (χ2v) is 5.17. The maximum atomic E-state index is 11.5. The lowest BCUT2D eigenvalue weighted by Gasteiger charge is -2.10. The third-order valence-electron chi connectivity index (χ3n) is 2.29. The largest absolute Gasteiger partial charge is 0.309 e. The summed E-state index contributed by atoms with van der Waals surface area (Å²) in [4.78, 5) is 14.4. The third-order valence-corrected chi connectivity index (χ3v) is 3.32. The van der Waals surface area contributed by atoms with E-state index in [0.717, 1.165) is 17.2 Å². The van der Waals surface area contributed by atoms with E-state index >= 15 is 0 Å². The Morgan fingerprint density at radius 2 is 2.18 bits per heavy atom. The van der Waals surface area contributed by atoms with E-state index in [1.807, 2.05) is 14.1 Å². The minimum atomic E-state index is 0.0434. The van der Waals surface area contributed by atoms with Gasteiger partial charge in [-0.1, -0.05) is 0 Å². The molecule has 1 aromatic carbocycles. The molecule has 3 nitrogen and oxygen atoms in total. The van der Waals surface area contributed by atoms with Crippen LogP contribution in [0.1, 0.15) is 22.8 Å². The Morgan fingerprint density at radius 1 is 1.47 bits per heavy atom. The molecule has 0 fully saturated rings. The number of nitriles is 1. The lowest BCUT2D eigenvalue weighted by atomic mass is 10.1. The molecule has 0 N–H and O–H groups in total. The first-order valence-corrected chi connectivity index (χ1v) is 6.35. The molecule has 0 saturated heterocycles. The van der Waals surface area contributed by atoms with Crippen LogP contribution in [-0.2, 0) is 0 Å². The van der Waals surface area contributed by atoms with Crippen LogP contribution in [0.4, 0.5) is 0 Å². The number of benzene rings is 1. The number of Topliss-reactive ketones (excluding diaryl/α,β-unsaturated/α-hetero) is 1. The van der Waals surface area contributed by atoms with Crippen molar-refractivity contribution >= 4 is 17.5 Å². The monoisotopic (exact) mass is 248 g/mol. The van der Waals surface area contributed by atoms with E-state index in [0.29, 0.717) is 11.1 Å². The Labute approximate surface area is 106 Å². The number of thioether (sulfide) groups is 1. The van der Waals surface area contributed by atoms with Crippen molar-refractivity contribution in [3.05, 3.63) is 29.3 Å². The van der Waals surface area contributed by atoms with Gasteiger partial charge in [0.15, 0.2) is 5.78 Å². The second kappa shape index (κ2) is 6.43. The van der Waals surface area contributed by atoms with Gasteiger partial charge in [0.05, 0.1) is 11.6 Å². The molecule has 1 aromatic rings. The van der Waals surface area contributed by atoms with Crippen LogP contribution < -0.4 is 0 Å². The van der Waals surface area contributed by atoms with Gasteiger partial charge < -0.3 is 4.90 Å². The molecule has 0 radical (unpaired) electrons. The lowest BCUT2D eigenvalue weighted by Crippen LogP contribution is -2.14. The lowest BCUT2D eigenvalue weighted by molar-refractivity contribution is 0.101. The first kappa shape index (κ1) is 13.8. The van der Waals surface area contributed by atoms with E-state index in [9.17, 15) is 4.79 Å². The molecule has 0 aliphatic heterocycles. The maximum Gasteiger partial charge on any atom is 0.160 e. The molecule has 90 valence electrons. The predicted molar refractivity (Wildman–Crippen MR) is 70.4 cm³/mol. The Morgan fingerprint density at radius 3 is 2.71 bits per heavy atom. The Bertz CT molecular complexity index is 449. The quantitative estimate of drug-likeness (QED) is 0.593. The van der Waals surface area contributed by atoms with Crippen molar-refractivity contribution in [3.63, 3.8) is 0 Å². The van der Waals surface area contributed by atoms with Gasteiger partial charge in [-0.05, 0) is 39.2 Å². The van der Waals surface area contributed by atoms with Gasteiger partial charge in [-0.3, -0.25) is 4.79 Å². The summed E-state index contributed by atoms with van der Waals surface area (Å²) in [5.41, 5.74) is 1.30. The average Bonchev–Trinajstić information content (AvgIpc) is 2.28. The minimum Gasteiger partial charge on any atom is -0.309 e. The number of rotatable bonds is 5. The van der Waals surface area contributed by atoms with Crippen LogP contribution in [0.5, 0.6) is 0 Å². The summed E-state index contributed by atoms with van der Waals surface area (Å²) in [6.45, 7) is 2.50. The summed E-state index contributed by atoms with van der Waals surface area (Å²) < 4.78 is 0. The molecular weight excluding hydrogens is 232 g/mol. The van der Waals surface area contributed by atoms with Crippen LogP contribution in [-0.4, -0.2) is 37.1 Å². The van der Waals surface area contributed by atoms with Gasteiger partial charge in [0, 0.05) is 22.8 Å². The summed E-state index contributed by atoms with van der Waals surface area (Å²) in [5, 5.41) is 8.85. The van der Waals surface area contributed by atoms with Gasteiger partial charge in [-0.2, -0.15) is 5.26 Å². The molecule has 0 spiro atoms. The fourth-order valence-corrected chi connectivity index (χ4v) is 2.59. The second-order valence-electron chi connectivity index (χ2n) is 4.03. The zero-order chi connectivity index (χ0) is 12.8. The number of nitrogens with zero attached hydrogens (tertiary/aromatic N) is 2. The van der Waals surface area contributed by atoms with Crippen LogP contribution in [0.25, 0.3) is 0 Å². The van der Waals surface area contributed by atoms with Crippen molar-refractivity contribution < 1.29 is 4.79 Å². The molecule has 4 heteroatoms. The highest BCUT2D eigenvalue weighted by Gasteiger charge is 2.08. The van der Waals surface area contributed by atoms with E-state index in [-0.39, 0.29) is 5.78 Å². The normalized spacial score (nSPS) is 10.3. The third kappa shape index (κ3) is 4.22. The number of hydrogen-bond donors (Lipinski definition) is 0. The fraction of sp³-hybridized carbons (Fsp3) is 0.385. The highest BCUT2D eigenvalue weighted by atomic mass is 32.2. The number of hydrogen-bond acceptors (Lipinski definition) is 4. The Kier molecular flexibility index (Phi) is 5.20. The van der Waals surface area contributed by atoms with Crippen molar-refractivity contribution in [2.45, 2.75) is 11.8 Å². The molecule has 0 aliphatic rings. The Balaban J connectivity index is 2.86. The maximum absolute atomic E-state index is 11.5. The van der Waals surface area contributed by atoms with E-state index in [4.69, 9.17) is 5.26 Å². The fourth-order valence-electron chi connectivity index (χ4n) is 1.34. The van der Waals surface area contributed by atoms with E-state index in [2.05, 4.69) is 11.0 Å². The van der Waals surface area contributed by atoms with Crippen LogP contribution in [0, 0.1) is 11.3 Å². The summed E-state index contributed by atoms with van der Waals surface area (Å²) in [5.74, 6) is 0.948. The summed E-state index contributed by atoms with van der Waals surface area (Å²) in [7, 11) is 4.02. The number of ketones is 1. The Hall–Kier alpha value is -1.31. The molecule has 0 unspecified atom stereocenters. The number of carbonyl (C=O) groups is 1. The molecule has 0 aromatic heterocycles. The van der Waals surface area contributed by atoms with Gasteiger partial charge in [-0.25, -0.2) is 0 Å². The molecule has 0 heterocycles. The molecule has 0 bridgehead atoms. The van der Waals surface area contributed by atoms with Gasteiger partial charge in [-0.15, -0.1) is 11.8 Å². The van der Waals surface area contributed by atoms with Crippen LogP contribution >= 0.6 is 11.8 Å². The first-order valence-electron chi connectivity index (χ1n) is 5.37. The van der Waals surface area contributed by atoms with E-state index < -0.39 is 0 Å². The SMILES string of the molecule is CC(=O)c1ccc(C#N)cc1SCCN(C)C. The number of carbonyl (C=O) groups excluding carboxylic acids is 1. The zero-order valence-corrected chi connectivity index (χ0v) is 11.2. The van der Waals surface area contributed by atoms with Crippen molar-refractivity contribution in [1.29, 1.82) is 5.26 Å². The van der Waals surface area contributed by atoms with Crippen molar-refractivity contribution in [3.8, 4) is 6.07 Å². The zero-order valence-electron chi connectivity index (χ0n) is 10.4. The highest BCUT2D eigenvalue weighted by Crippen LogP contribution is 2.24. The molecule has 0 aliphatic carbocycles. The van der Waals surface area contributed by atoms with E-state index in [1.54, 1.807) is 36.9 Å². The van der Waals surface area contributed by atoms with Crippen molar-refractivity contribution in [1.82, 2.24) is 4.90 Å². The van der Waals surface area contributed by atoms with Crippen LogP contribution in [0.2, 0.25) is 0 Å². The highest BCUT2D eigenvalue weighted by molar-refractivity contribution is 7.99. The molecule has 0 saturated carbocycles. The predicted octanol–water partition coefficient (Wildman–Crippen LogP) is 2.41. The van der Waals surface area contributed by atoms with Gasteiger partial charge >= 0.3 is 0 Å². The van der Waals surface area contributed by atoms with Crippen molar-refractivity contribution in [2.24, 2.45) is 0 Å². The van der Waals surface area contributed by atoms with Crippen molar-refractivity contribution in [2.75, 3.05) is 26.4 Å². The standard InChI is InChI=1S/C13H16N2OS/c1-10(16)12-5-4-11(9-14)8-13(12)17-7-6-15(2)3/h4-5,8H,6-7H2,1-3H3. The van der Waals surface area contributed by atoms with Gasteiger partial charge in [0.2, 0.25) is 0 Å². The summed E-state index contributed by atoms with van der Waals surface area (Å²) in [6, 6.07) is 7.31. The van der Waals surface area contributed by atoms with E-state index in [1.165, 1.54) is 0 Å². The summed E-state index contributed by atoms with van der Waals surface area (Å²) >= 11 is 1.62. The molecule has 0 amide bonds. The van der Waals surface area contributed by atoms with Crippen LogP contribution in [0.15, 0.2) is 23.1 Å². The molecule has 1 rings (SSSR count). The smallest absolute Gasteiger partial charge is 0.160 e. The topological polar surface area (TPSA) is 44.1 Å². The molecule has 0 atom stereocenters. The summed E-state index contributed by atoms with van der Waals surface area (Å²) in [6.07, 6.45) is 0. The average molecular weight is 248 g/mol. The molecule has 17 heavy (non-hydrogen) atoms. The molecular formula is C13H16N2OS. The van der Waals surface area contributed by atoms with Gasteiger partial charge in [0.25, 0.3) is 0 Å². The van der Waals surface area contributed by atoms with Crippen LogP contribution in [0.3, 0.4) is 0 Å². The first-order chi connectivity index (χ1) is 8.04. The van der Waals surface area contributed by atoms with Gasteiger partial charge in [0.1, 0.15) is 0 Å². The minimum absolute atomic E-state index is 0.0434.